The summed E-state index contributed by atoms with van der Waals surface area (Å²) in [6, 6.07) is 2.75. The first-order chi connectivity index (χ1) is 15.5. The first-order valence-electron chi connectivity index (χ1n) is 10.5. The lowest BCUT2D eigenvalue weighted by molar-refractivity contribution is -0.139. The second-order valence-electron chi connectivity index (χ2n) is 8.49. The molecule has 0 bridgehead atoms. The fourth-order valence-electron chi connectivity index (χ4n) is 2.60. The molecule has 1 heterocycles. The summed E-state index contributed by atoms with van der Waals surface area (Å²) in [4.78, 5) is 39.8. The minimum atomic E-state index is -1.40. The highest BCUT2D eigenvalue weighted by atomic mass is 16.5. The number of rotatable bonds is 10. The third-order valence-electron chi connectivity index (χ3n) is 4.24. The van der Waals surface area contributed by atoms with Crippen LogP contribution in [0.3, 0.4) is 0 Å². The van der Waals surface area contributed by atoms with Crippen molar-refractivity contribution in [2.75, 3.05) is 39.4 Å². The van der Waals surface area contributed by atoms with E-state index in [4.69, 9.17) is 9.47 Å². The number of nitrogens with one attached hydrogen (secondary N) is 4. The van der Waals surface area contributed by atoms with Gasteiger partial charge in [-0.05, 0) is 17.5 Å². The molecule has 0 saturated carbocycles. The Morgan fingerprint density at radius 1 is 1.27 bits per heavy atom. The number of ether oxygens (including phenoxy) is 2. The number of carboxylic acid groups (broad SMARTS) is 1. The standard InChI is InChI=1S/C21H31N5O7/c1-21(2,3)12-33-20(31)26-15(18(29)30)11-25-17(28)14-5-4-13(10-16(14)27)32-9-8-24-19-22-6-7-23-19/h4-5,10,15,27H,6-9,11-12H2,1-3H3,(H,25,28)(H,26,31)(H,29,30)(H2,22,23,24). The Hall–Kier alpha value is -3.70. The van der Waals surface area contributed by atoms with Crippen molar-refractivity contribution in [1.82, 2.24) is 21.3 Å². The van der Waals surface area contributed by atoms with Gasteiger partial charge in [-0.3, -0.25) is 9.79 Å². The van der Waals surface area contributed by atoms with Crippen LogP contribution in [0.5, 0.6) is 11.5 Å². The van der Waals surface area contributed by atoms with Crippen LogP contribution in [0.15, 0.2) is 23.2 Å². The highest BCUT2D eigenvalue weighted by Gasteiger charge is 2.23. The van der Waals surface area contributed by atoms with Gasteiger partial charge in [0.25, 0.3) is 5.91 Å². The molecule has 182 valence electrons. The summed E-state index contributed by atoms with van der Waals surface area (Å²) in [6.07, 6.45) is -0.902. The number of aliphatic carboxylic acids is 1. The molecule has 0 spiro atoms. The number of phenolic OH excluding ortho intramolecular Hbond substituents is 1. The maximum absolute atomic E-state index is 12.4. The van der Waals surface area contributed by atoms with Crippen LogP contribution >= 0.6 is 0 Å². The number of aromatic hydroxyl groups is 1. The summed E-state index contributed by atoms with van der Waals surface area (Å²) >= 11 is 0. The van der Waals surface area contributed by atoms with Crippen molar-refractivity contribution in [2.45, 2.75) is 26.8 Å². The van der Waals surface area contributed by atoms with Crippen LogP contribution in [0.1, 0.15) is 31.1 Å². The molecule has 2 amide bonds. The van der Waals surface area contributed by atoms with Crippen molar-refractivity contribution in [1.29, 1.82) is 0 Å². The van der Waals surface area contributed by atoms with Crippen LogP contribution < -0.4 is 26.0 Å². The SMILES string of the molecule is CC(C)(C)COC(=O)NC(CNC(=O)c1ccc(OCCNC2=NCCN2)cc1O)C(=O)O. The first-order valence-corrected chi connectivity index (χ1v) is 10.5. The topological polar surface area (TPSA) is 171 Å². The quantitative estimate of drug-likeness (QED) is 0.266. The number of alkyl carbamates (subject to hydrolysis) is 1. The van der Waals surface area contributed by atoms with Crippen LogP contribution in [0.25, 0.3) is 0 Å². The summed E-state index contributed by atoms with van der Waals surface area (Å²) in [7, 11) is 0. The Bertz CT molecular complexity index is 882. The van der Waals surface area contributed by atoms with E-state index in [-0.39, 0.29) is 23.3 Å². The molecule has 1 unspecified atom stereocenters. The second-order valence-corrected chi connectivity index (χ2v) is 8.49. The summed E-state index contributed by atoms with van der Waals surface area (Å²) in [5.74, 6) is -1.31. The molecule has 0 saturated heterocycles. The molecule has 2 rings (SSSR count). The lowest BCUT2D eigenvalue weighted by Crippen LogP contribution is -2.48. The Morgan fingerprint density at radius 2 is 2.03 bits per heavy atom. The molecule has 1 atom stereocenters. The molecule has 0 radical (unpaired) electrons. The average molecular weight is 466 g/mol. The molecule has 12 heteroatoms. The van der Waals surface area contributed by atoms with Gasteiger partial charge < -0.3 is 41.0 Å². The Kier molecular flexibility index (Phi) is 9.13. The predicted molar refractivity (Wildman–Crippen MR) is 120 cm³/mol. The number of nitrogens with zero attached hydrogens (tertiary/aromatic N) is 1. The normalized spacial score (nSPS) is 13.8. The summed E-state index contributed by atoms with van der Waals surface area (Å²) < 4.78 is 10.5. The van der Waals surface area contributed by atoms with Gasteiger partial charge in [0.05, 0.1) is 25.3 Å². The maximum atomic E-state index is 12.4. The summed E-state index contributed by atoms with van der Waals surface area (Å²) in [6.45, 7) is 7.60. The third kappa shape index (κ3) is 9.13. The van der Waals surface area contributed by atoms with Crippen LogP contribution in [0, 0.1) is 5.41 Å². The van der Waals surface area contributed by atoms with Gasteiger partial charge in [-0.2, -0.15) is 0 Å². The van der Waals surface area contributed by atoms with Gasteiger partial charge in [0, 0.05) is 19.2 Å². The zero-order valence-electron chi connectivity index (χ0n) is 18.9. The largest absolute Gasteiger partial charge is 0.507 e. The first kappa shape index (κ1) is 25.6. The van der Waals surface area contributed by atoms with Gasteiger partial charge >= 0.3 is 12.1 Å². The van der Waals surface area contributed by atoms with Crippen molar-refractivity contribution in [2.24, 2.45) is 10.4 Å². The monoisotopic (exact) mass is 465 g/mol. The maximum Gasteiger partial charge on any atom is 0.407 e. The molecule has 12 nitrogen and oxygen atoms in total. The van der Waals surface area contributed by atoms with E-state index < -0.39 is 30.6 Å². The number of carbonyl (C=O) groups excluding carboxylic acids is 2. The molecular formula is C21H31N5O7. The molecule has 1 aromatic carbocycles. The fraction of sp³-hybridized carbons (Fsp3) is 0.524. The van der Waals surface area contributed by atoms with Crippen LogP contribution in [-0.4, -0.2) is 79.6 Å². The number of benzene rings is 1. The van der Waals surface area contributed by atoms with Gasteiger partial charge in [0.1, 0.15) is 24.1 Å². The van der Waals surface area contributed by atoms with Gasteiger partial charge in [0.15, 0.2) is 5.96 Å². The van der Waals surface area contributed by atoms with Crippen LogP contribution in [0.4, 0.5) is 4.79 Å². The minimum Gasteiger partial charge on any atom is -0.507 e. The molecule has 33 heavy (non-hydrogen) atoms. The van der Waals surface area contributed by atoms with E-state index in [2.05, 4.69) is 26.3 Å². The van der Waals surface area contributed by atoms with Gasteiger partial charge in [0.2, 0.25) is 0 Å². The molecule has 0 aromatic heterocycles. The number of hydrogen-bond acceptors (Lipinski definition) is 9. The molecule has 1 aliphatic rings. The lowest BCUT2D eigenvalue weighted by Gasteiger charge is -2.20. The van der Waals surface area contributed by atoms with Crippen molar-refractivity contribution < 1.29 is 34.1 Å². The number of aliphatic imine (C=N–C) groups is 1. The van der Waals surface area contributed by atoms with Crippen molar-refractivity contribution in [3.8, 4) is 11.5 Å². The predicted octanol–water partition coefficient (Wildman–Crippen LogP) is 0.275. The number of carbonyl (C=O) groups is 3. The van der Waals surface area contributed by atoms with Gasteiger partial charge in [-0.1, -0.05) is 20.8 Å². The zero-order chi connectivity index (χ0) is 24.4. The van der Waals surface area contributed by atoms with E-state index in [1.54, 1.807) is 0 Å². The van der Waals surface area contributed by atoms with Crippen molar-refractivity contribution >= 4 is 23.9 Å². The van der Waals surface area contributed by atoms with E-state index in [1.807, 2.05) is 20.8 Å². The second kappa shape index (κ2) is 11.8. The van der Waals surface area contributed by atoms with Crippen LogP contribution in [0.2, 0.25) is 0 Å². The molecule has 1 aliphatic heterocycles. The highest BCUT2D eigenvalue weighted by molar-refractivity contribution is 5.97. The zero-order valence-corrected chi connectivity index (χ0v) is 18.9. The molecule has 0 aliphatic carbocycles. The van der Waals surface area contributed by atoms with E-state index in [0.717, 1.165) is 13.1 Å². The summed E-state index contributed by atoms with van der Waals surface area (Å²) in [5, 5.41) is 30.2. The minimum absolute atomic E-state index is 0.0653. The third-order valence-corrected chi connectivity index (χ3v) is 4.24. The van der Waals surface area contributed by atoms with E-state index in [0.29, 0.717) is 24.9 Å². The number of phenols is 1. The molecule has 6 N–H and O–H groups in total. The van der Waals surface area contributed by atoms with Gasteiger partial charge in [-0.25, -0.2) is 9.59 Å². The molecular weight excluding hydrogens is 434 g/mol. The number of carboxylic acids is 1. The molecule has 0 fully saturated rings. The van der Waals surface area contributed by atoms with E-state index in [1.165, 1.54) is 18.2 Å². The van der Waals surface area contributed by atoms with E-state index in [9.17, 15) is 24.6 Å². The number of guanidine groups is 1. The number of amides is 2. The van der Waals surface area contributed by atoms with Crippen molar-refractivity contribution in [3.05, 3.63) is 23.8 Å². The Morgan fingerprint density at radius 3 is 2.64 bits per heavy atom. The number of hydrogen-bond donors (Lipinski definition) is 6. The van der Waals surface area contributed by atoms with E-state index >= 15 is 0 Å². The van der Waals surface area contributed by atoms with Crippen LogP contribution in [-0.2, 0) is 9.53 Å². The summed E-state index contributed by atoms with van der Waals surface area (Å²) in [5.41, 5.74) is -0.347. The smallest absolute Gasteiger partial charge is 0.407 e. The highest BCUT2D eigenvalue weighted by Crippen LogP contribution is 2.23. The van der Waals surface area contributed by atoms with Crippen molar-refractivity contribution in [3.63, 3.8) is 0 Å². The average Bonchev–Trinajstić information content (AvgIpc) is 3.25. The lowest BCUT2D eigenvalue weighted by atomic mass is 9.99. The fourth-order valence-corrected chi connectivity index (χ4v) is 2.60. The van der Waals surface area contributed by atoms with Gasteiger partial charge in [-0.15, -0.1) is 0 Å². The Labute approximate surface area is 191 Å². The Balaban J connectivity index is 1.82. The molecule has 1 aromatic rings.